The minimum Gasteiger partial charge on any atom is -0.495 e. The lowest BCUT2D eigenvalue weighted by molar-refractivity contribution is -0.169. The average Bonchev–Trinajstić information content (AvgIpc) is 3.78. The molecule has 0 saturated carbocycles. The first-order valence-electron chi connectivity index (χ1n) is 16.9. The van der Waals surface area contributed by atoms with Crippen LogP contribution in [0.3, 0.4) is 0 Å². The number of nitrogens with one attached hydrogen (secondary N) is 1. The predicted molar refractivity (Wildman–Crippen MR) is 186 cm³/mol. The van der Waals surface area contributed by atoms with Gasteiger partial charge in [0.1, 0.15) is 40.7 Å². The number of fused-ring (bicyclic) bond motifs is 10. The third-order valence-corrected chi connectivity index (χ3v) is 10.9. The van der Waals surface area contributed by atoms with E-state index in [9.17, 15) is 34.2 Å². The number of ether oxygens (including phenoxy) is 5. The van der Waals surface area contributed by atoms with E-state index >= 15 is 0 Å². The van der Waals surface area contributed by atoms with Crippen molar-refractivity contribution in [2.75, 3.05) is 32.7 Å². The molecular weight excluding hydrogens is 702 g/mol. The fourth-order valence-corrected chi connectivity index (χ4v) is 7.33. The number of likely N-dealkylation sites (N-methyl/N-ethyl adjacent to an activating group) is 1. The van der Waals surface area contributed by atoms with E-state index in [1.54, 1.807) is 44.2 Å². The Morgan fingerprint density at radius 2 is 1.75 bits per heavy atom. The second-order valence-corrected chi connectivity index (χ2v) is 14.7. The van der Waals surface area contributed by atoms with Crippen molar-refractivity contribution in [1.82, 2.24) is 10.2 Å². The van der Waals surface area contributed by atoms with Crippen LogP contribution in [0.4, 0.5) is 10.5 Å². The molecule has 1 unspecified atom stereocenters. The van der Waals surface area contributed by atoms with Crippen LogP contribution in [-0.2, 0) is 44.5 Å². The van der Waals surface area contributed by atoms with E-state index in [-0.39, 0.29) is 22.9 Å². The van der Waals surface area contributed by atoms with Crippen LogP contribution in [0.1, 0.15) is 53.0 Å². The number of nitrogens with zero attached hydrogens (tertiary/aromatic N) is 2. The quantitative estimate of drug-likeness (QED) is 0.227. The van der Waals surface area contributed by atoms with Crippen molar-refractivity contribution in [3.63, 3.8) is 0 Å². The summed E-state index contributed by atoms with van der Waals surface area (Å²) in [6.07, 6.45) is -0.0658. The monoisotopic (exact) mass is 747 g/mol. The average molecular weight is 748 g/mol. The number of rotatable bonds is 2. The molecule has 52 heavy (non-hydrogen) atoms. The Hall–Kier alpha value is -4.02. The first-order chi connectivity index (χ1) is 24.3. The van der Waals surface area contributed by atoms with Gasteiger partial charge in [-0.05, 0) is 51.8 Å². The van der Waals surface area contributed by atoms with Gasteiger partial charge in [0.15, 0.2) is 11.5 Å². The number of amides is 3. The van der Waals surface area contributed by atoms with Crippen LogP contribution in [0.5, 0.6) is 5.75 Å². The molecule has 3 saturated heterocycles. The van der Waals surface area contributed by atoms with Crippen LogP contribution < -0.4 is 15.0 Å². The lowest BCUT2D eigenvalue weighted by Gasteiger charge is -2.42. The fourth-order valence-electron chi connectivity index (χ4n) is 7.04. The molecule has 4 aliphatic heterocycles. The van der Waals surface area contributed by atoms with Gasteiger partial charge < -0.3 is 43.7 Å². The summed E-state index contributed by atoms with van der Waals surface area (Å²) in [5.41, 5.74) is -4.34. The van der Waals surface area contributed by atoms with E-state index in [1.807, 2.05) is 6.92 Å². The maximum Gasteiger partial charge on any atom is 0.409 e. The highest BCUT2D eigenvalue weighted by Crippen LogP contribution is 2.49. The van der Waals surface area contributed by atoms with Gasteiger partial charge in [-0.25, -0.2) is 9.59 Å². The maximum atomic E-state index is 14.5. The highest BCUT2D eigenvalue weighted by Gasteiger charge is 2.65. The number of benzene rings is 1. The number of anilines is 1. The number of alkyl carbamates (subject to hydrolysis) is 1. The Labute approximate surface area is 306 Å². The summed E-state index contributed by atoms with van der Waals surface area (Å²) in [5.74, 6) is -4.19. The van der Waals surface area contributed by atoms with E-state index in [4.69, 9.17) is 35.3 Å². The smallest absolute Gasteiger partial charge is 0.409 e. The number of carbonyl (C=O) groups is 5. The summed E-state index contributed by atoms with van der Waals surface area (Å²) in [6, 6.07) is 1.99. The van der Waals surface area contributed by atoms with E-state index in [2.05, 4.69) is 5.32 Å². The first-order valence-corrected chi connectivity index (χ1v) is 17.3. The SMILES string of the molecule is COc1cc2cc(c1Cl)N1CC(=O)C(C)(O)C(=O)N(C)[C@@H](C)C(=O)O[C@@H](CC1=O)[C@]1(C)O[C@H]1[C@@H](C)[C@@H]1C[C@@](O)(NC(=O)O1)[C@@H](OC)/C=C/C=C(/C)C2. The van der Waals surface area contributed by atoms with Crippen molar-refractivity contribution >= 4 is 46.9 Å². The lowest BCUT2D eigenvalue weighted by atomic mass is 9.83. The topological polar surface area (TPSA) is 194 Å². The molecule has 1 aromatic rings. The second-order valence-electron chi connectivity index (χ2n) is 14.3. The molecule has 3 amide bonds. The molecule has 3 fully saturated rings. The van der Waals surface area contributed by atoms with Crippen LogP contribution in [0, 0.1) is 5.92 Å². The normalized spacial score (nSPS) is 37.8. The van der Waals surface area contributed by atoms with Crippen molar-refractivity contribution in [2.45, 2.75) is 101 Å². The molecule has 3 N–H and O–H groups in total. The molecule has 0 spiro atoms. The zero-order chi connectivity index (χ0) is 38.5. The fraction of sp³-hybridized carbons (Fsp3) is 0.583. The van der Waals surface area contributed by atoms with Gasteiger partial charge in [-0.1, -0.05) is 42.3 Å². The van der Waals surface area contributed by atoms with Gasteiger partial charge in [-0.3, -0.25) is 19.7 Å². The number of epoxide rings is 1. The molecule has 0 radical (unpaired) electrons. The molecule has 1 aromatic carbocycles. The third kappa shape index (κ3) is 7.29. The van der Waals surface area contributed by atoms with Crippen molar-refractivity contribution in [3.05, 3.63) is 46.5 Å². The van der Waals surface area contributed by atoms with Crippen molar-refractivity contribution in [1.29, 1.82) is 0 Å². The molecule has 15 nitrogen and oxygen atoms in total. The Morgan fingerprint density at radius 1 is 1.06 bits per heavy atom. The first kappa shape index (κ1) is 39.2. The summed E-state index contributed by atoms with van der Waals surface area (Å²) in [4.78, 5) is 70.2. The number of Topliss-reactive ketones (excluding diaryl/α,β-unsaturated/α-hetero) is 1. The number of aliphatic hydroxyl groups is 2. The van der Waals surface area contributed by atoms with Crippen LogP contribution in [-0.4, -0.2) is 120 Å². The number of esters is 1. The summed E-state index contributed by atoms with van der Waals surface area (Å²) in [7, 11) is 4.04. The molecule has 9 atom stereocenters. The predicted octanol–water partition coefficient (Wildman–Crippen LogP) is 2.22. The summed E-state index contributed by atoms with van der Waals surface area (Å²) < 4.78 is 28.9. The zero-order valence-corrected chi connectivity index (χ0v) is 31.2. The van der Waals surface area contributed by atoms with Crippen LogP contribution >= 0.6 is 11.6 Å². The Morgan fingerprint density at radius 3 is 2.40 bits per heavy atom. The van der Waals surface area contributed by atoms with Gasteiger partial charge >= 0.3 is 12.1 Å². The molecule has 6 bridgehead atoms. The van der Waals surface area contributed by atoms with E-state index in [1.165, 1.54) is 28.2 Å². The standard InChI is InChI=1S/C36H46ClN3O12/c1-18-10-9-11-26(49-8)36(47)16-24(50-33(45)38-36)19(2)30-35(5,52-30)27-15-28(42)40(22-13-21(12-18)14-23(48-7)29(22)37)17-25(41)34(4,46)32(44)39(6)20(3)31(43)51-27/h9-11,13-14,19-20,24,26-27,30,46-47H,12,15-17H2,1-8H3,(H,38,45)/b11-9+,18-10-/t19-,20-,24-,26-,27-,30-,34?,35-,36-/m0/s1. The molecule has 0 aromatic heterocycles. The summed E-state index contributed by atoms with van der Waals surface area (Å²) in [6.45, 7) is 6.81. The minimum atomic E-state index is -2.63. The minimum absolute atomic E-state index is 0.0182. The number of allylic oxidation sites excluding steroid dienone is 3. The number of hydrogen-bond donors (Lipinski definition) is 3. The molecule has 0 aliphatic carbocycles. The van der Waals surface area contributed by atoms with Crippen LogP contribution in [0.2, 0.25) is 5.02 Å². The highest BCUT2D eigenvalue weighted by atomic mass is 35.5. The Bertz CT molecular complexity index is 1710. The second kappa shape index (κ2) is 14.4. The molecule has 16 heteroatoms. The zero-order valence-electron chi connectivity index (χ0n) is 30.4. The largest absolute Gasteiger partial charge is 0.495 e. The molecule has 5 rings (SSSR count). The number of carbonyl (C=O) groups excluding carboxylic acids is 5. The summed E-state index contributed by atoms with van der Waals surface area (Å²) >= 11 is 6.81. The number of ketones is 1. The Kier molecular flexibility index (Phi) is 10.9. The number of methoxy groups -OCH3 is 2. The van der Waals surface area contributed by atoms with Gasteiger partial charge in [0.25, 0.3) is 5.91 Å². The summed E-state index contributed by atoms with van der Waals surface area (Å²) in [5, 5.41) is 25.4. The third-order valence-electron chi connectivity index (χ3n) is 10.6. The number of hydrogen-bond acceptors (Lipinski definition) is 12. The van der Waals surface area contributed by atoms with Gasteiger partial charge in [0.05, 0.1) is 31.9 Å². The van der Waals surface area contributed by atoms with E-state index in [0.717, 1.165) is 22.3 Å². The Balaban J connectivity index is 1.70. The van der Waals surface area contributed by atoms with Crippen LogP contribution in [0.25, 0.3) is 0 Å². The van der Waals surface area contributed by atoms with Crippen molar-refractivity contribution < 1.29 is 57.9 Å². The highest BCUT2D eigenvalue weighted by molar-refractivity contribution is 6.35. The van der Waals surface area contributed by atoms with E-state index in [0.29, 0.717) is 12.0 Å². The molecular formula is C36H46ClN3O12. The van der Waals surface area contributed by atoms with Gasteiger partial charge in [0, 0.05) is 26.5 Å². The number of halogens is 1. The van der Waals surface area contributed by atoms with Crippen molar-refractivity contribution in [2.24, 2.45) is 5.92 Å². The lowest BCUT2D eigenvalue weighted by Crippen LogP contribution is -2.63. The van der Waals surface area contributed by atoms with Gasteiger partial charge in [0.2, 0.25) is 11.5 Å². The van der Waals surface area contributed by atoms with Crippen LogP contribution in [0.15, 0.2) is 35.9 Å². The van der Waals surface area contributed by atoms with Crippen molar-refractivity contribution in [3.8, 4) is 5.75 Å². The molecule has 4 aliphatic rings. The van der Waals surface area contributed by atoms with Gasteiger partial charge in [-0.2, -0.15) is 0 Å². The molecule has 4 heterocycles. The molecule has 284 valence electrons. The van der Waals surface area contributed by atoms with Gasteiger partial charge in [-0.15, -0.1) is 0 Å². The van der Waals surface area contributed by atoms with E-state index < -0.39 is 95.9 Å². The maximum absolute atomic E-state index is 14.5.